The van der Waals surface area contributed by atoms with E-state index in [9.17, 15) is 0 Å². The van der Waals surface area contributed by atoms with Crippen LogP contribution in [0.1, 0.15) is 83.1 Å². The van der Waals surface area contributed by atoms with Crippen LogP contribution in [0.15, 0.2) is 11.1 Å². The summed E-state index contributed by atoms with van der Waals surface area (Å²) in [4.78, 5) is 0. The SMILES string of the molecule is CC(C)=C(C)C(C)(C)C(C)(C)C(C)(C)C(C)(C)C. The second-order valence-corrected chi connectivity index (χ2v) is 8.75. The van der Waals surface area contributed by atoms with E-state index in [-0.39, 0.29) is 21.7 Å². The summed E-state index contributed by atoms with van der Waals surface area (Å²) in [7, 11) is 0. The number of rotatable bonds is 3. The summed E-state index contributed by atoms with van der Waals surface area (Å²) in [6.07, 6.45) is 0. The van der Waals surface area contributed by atoms with Crippen LogP contribution in [0.2, 0.25) is 0 Å². The molecule has 0 amide bonds. The molecule has 0 bridgehead atoms. The van der Waals surface area contributed by atoms with Gasteiger partial charge < -0.3 is 0 Å². The van der Waals surface area contributed by atoms with E-state index in [1.165, 1.54) is 11.1 Å². The maximum Gasteiger partial charge on any atom is -0.00885 e. The minimum absolute atomic E-state index is 0.197. The van der Waals surface area contributed by atoms with Crippen molar-refractivity contribution in [2.75, 3.05) is 0 Å². The molecule has 0 saturated carbocycles. The lowest BCUT2D eigenvalue weighted by atomic mass is 9.46. The molecule has 0 aliphatic rings. The van der Waals surface area contributed by atoms with Gasteiger partial charge >= 0.3 is 0 Å². The molecule has 0 radical (unpaired) electrons. The largest absolute Gasteiger partial charge is 0.0769 e. The van der Waals surface area contributed by atoms with E-state index in [0.717, 1.165) is 0 Å². The van der Waals surface area contributed by atoms with Crippen molar-refractivity contribution in [3.63, 3.8) is 0 Å². The molecule has 0 rings (SSSR count). The summed E-state index contributed by atoms with van der Waals surface area (Å²) in [5, 5.41) is 0. The molecule has 0 atom stereocenters. The van der Waals surface area contributed by atoms with Crippen molar-refractivity contribution in [3.05, 3.63) is 11.1 Å². The quantitative estimate of drug-likeness (QED) is 0.505. The summed E-state index contributed by atoms with van der Waals surface area (Å²) in [5.41, 5.74) is 3.94. The standard InChI is InChI=1S/C18H36/c1-13(2)14(3)16(7,8)18(11,12)17(9,10)15(4,5)6/h1-12H3. The highest BCUT2D eigenvalue weighted by molar-refractivity contribution is 5.21. The molecule has 0 aliphatic carbocycles. The third-order valence-corrected chi connectivity index (χ3v) is 6.69. The number of allylic oxidation sites excluding steroid dienone is 2. The highest BCUT2D eigenvalue weighted by Crippen LogP contribution is 2.61. The van der Waals surface area contributed by atoms with Crippen molar-refractivity contribution in [1.29, 1.82) is 0 Å². The van der Waals surface area contributed by atoms with E-state index in [1.807, 2.05) is 0 Å². The van der Waals surface area contributed by atoms with Crippen molar-refractivity contribution in [3.8, 4) is 0 Å². The lowest BCUT2D eigenvalue weighted by Gasteiger charge is -2.58. The monoisotopic (exact) mass is 252 g/mol. The fourth-order valence-electron chi connectivity index (χ4n) is 2.81. The Morgan fingerprint density at radius 1 is 0.556 bits per heavy atom. The van der Waals surface area contributed by atoms with Crippen molar-refractivity contribution >= 4 is 0 Å². The average Bonchev–Trinajstić information content (AvgIpc) is 2.13. The molecule has 18 heavy (non-hydrogen) atoms. The Morgan fingerprint density at radius 2 is 0.889 bits per heavy atom. The van der Waals surface area contributed by atoms with Crippen molar-refractivity contribution in [1.82, 2.24) is 0 Å². The molecular formula is C18H36. The molecule has 0 fully saturated rings. The fourth-order valence-corrected chi connectivity index (χ4v) is 2.81. The Morgan fingerprint density at radius 3 is 1.11 bits per heavy atom. The summed E-state index contributed by atoms with van der Waals surface area (Å²) < 4.78 is 0. The van der Waals surface area contributed by atoms with Gasteiger partial charge in [-0.1, -0.05) is 73.5 Å². The number of hydrogen-bond acceptors (Lipinski definition) is 0. The first-order valence-corrected chi connectivity index (χ1v) is 7.25. The van der Waals surface area contributed by atoms with E-state index >= 15 is 0 Å². The molecule has 0 unspecified atom stereocenters. The highest BCUT2D eigenvalue weighted by atomic mass is 14.6. The zero-order valence-electron chi connectivity index (χ0n) is 15.0. The molecule has 0 aromatic heterocycles. The van der Waals surface area contributed by atoms with Crippen LogP contribution in [0, 0.1) is 21.7 Å². The first-order valence-electron chi connectivity index (χ1n) is 7.25. The third kappa shape index (κ3) is 2.53. The third-order valence-electron chi connectivity index (χ3n) is 6.69. The van der Waals surface area contributed by atoms with Gasteiger partial charge in [0.05, 0.1) is 0 Å². The molecule has 0 nitrogen and oxygen atoms in total. The van der Waals surface area contributed by atoms with Crippen LogP contribution in [0.25, 0.3) is 0 Å². The molecule has 0 aliphatic heterocycles. The molecule has 0 N–H and O–H groups in total. The minimum Gasteiger partial charge on any atom is -0.0769 e. The van der Waals surface area contributed by atoms with Gasteiger partial charge in [0.2, 0.25) is 0 Å². The van der Waals surface area contributed by atoms with Crippen LogP contribution in [0.5, 0.6) is 0 Å². The van der Waals surface area contributed by atoms with Crippen LogP contribution in [0.4, 0.5) is 0 Å². The predicted molar refractivity (Wildman–Crippen MR) is 84.8 cm³/mol. The van der Waals surface area contributed by atoms with Gasteiger partial charge in [0, 0.05) is 0 Å². The van der Waals surface area contributed by atoms with Crippen LogP contribution in [-0.4, -0.2) is 0 Å². The van der Waals surface area contributed by atoms with E-state index in [0.29, 0.717) is 0 Å². The second kappa shape index (κ2) is 4.69. The number of hydrogen-bond donors (Lipinski definition) is 0. The molecule has 0 heterocycles. The van der Waals surface area contributed by atoms with Gasteiger partial charge in [0.1, 0.15) is 0 Å². The van der Waals surface area contributed by atoms with Gasteiger partial charge in [-0.15, -0.1) is 0 Å². The first-order chi connectivity index (χ1) is 7.60. The van der Waals surface area contributed by atoms with Gasteiger partial charge in [0.15, 0.2) is 0 Å². The first kappa shape index (κ1) is 17.7. The van der Waals surface area contributed by atoms with Gasteiger partial charge in [-0.05, 0) is 42.4 Å². The Kier molecular flexibility index (Phi) is 4.62. The second-order valence-electron chi connectivity index (χ2n) is 8.75. The van der Waals surface area contributed by atoms with Crippen LogP contribution in [-0.2, 0) is 0 Å². The van der Waals surface area contributed by atoms with Gasteiger partial charge in [-0.2, -0.15) is 0 Å². The molecule has 108 valence electrons. The topological polar surface area (TPSA) is 0 Å². The summed E-state index contributed by atoms with van der Waals surface area (Å²) in [6.45, 7) is 28.4. The van der Waals surface area contributed by atoms with E-state index in [2.05, 4.69) is 83.1 Å². The van der Waals surface area contributed by atoms with Crippen molar-refractivity contribution in [2.24, 2.45) is 21.7 Å². The minimum atomic E-state index is 0.197. The Bertz CT molecular complexity index is 326. The lowest BCUT2D eigenvalue weighted by Crippen LogP contribution is -2.51. The molecule has 0 aromatic carbocycles. The highest BCUT2D eigenvalue weighted by Gasteiger charge is 2.53. The van der Waals surface area contributed by atoms with Crippen molar-refractivity contribution < 1.29 is 0 Å². The Hall–Kier alpha value is -0.260. The van der Waals surface area contributed by atoms with Crippen LogP contribution in [0.3, 0.4) is 0 Å². The molecule has 0 saturated heterocycles. The van der Waals surface area contributed by atoms with Gasteiger partial charge in [-0.3, -0.25) is 0 Å². The van der Waals surface area contributed by atoms with Crippen LogP contribution < -0.4 is 0 Å². The molecule has 0 heteroatoms. The normalized spacial score (nSPS) is 14.7. The Labute approximate surface area is 116 Å². The maximum absolute atomic E-state index is 2.44. The summed E-state index contributed by atoms with van der Waals surface area (Å²) in [6, 6.07) is 0. The van der Waals surface area contributed by atoms with E-state index in [1.54, 1.807) is 0 Å². The molecule has 0 spiro atoms. The summed E-state index contributed by atoms with van der Waals surface area (Å²) in [5.74, 6) is 0. The van der Waals surface area contributed by atoms with Gasteiger partial charge in [0.25, 0.3) is 0 Å². The maximum atomic E-state index is 2.44. The average molecular weight is 252 g/mol. The van der Waals surface area contributed by atoms with Crippen molar-refractivity contribution in [2.45, 2.75) is 83.1 Å². The lowest BCUT2D eigenvalue weighted by molar-refractivity contribution is -0.0718. The van der Waals surface area contributed by atoms with E-state index in [4.69, 9.17) is 0 Å². The zero-order chi connectivity index (χ0) is 15.2. The summed E-state index contributed by atoms with van der Waals surface area (Å²) >= 11 is 0. The zero-order valence-corrected chi connectivity index (χ0v) is 15.0. The van der Waals surface area contributed by atoms with Gasteiger partial charge in [-0.25, -0.2) is 0 Å². The molecular weight excluding hydrogens is 216 g/mol. The molecule has 0 aromatic rings. The smallest absolute Gasteiger partial charge is 0.00885 e. The van der Waals surface area contributed by atoms with Crippen LogP contribution >= 0.6 is 0 Å². The Balaban J connectivity index is 5.88. The van der Waals surface area contributed by atoms with E-state index < -0.39 is 0 Å². The fraction of sp³-hybridized carbons (Fsp3) is 0.889. The predicted octanol–water partition coefficient (Wildman–Crippen LogP) is 6.47.